The second-order valence-corrected chi connectivity index (χ2v) is 8.11. The van der Waals surface area contributed by atoms with Gasteiger partial charge in [-0.05, 0) is 38.1 Å². The lowest BCUT2D eigenvalue weighted by molar-refractivity contribution is 0.278. The summed E-state index contributed by atoms with van der Waals surface area (Å²) in [6, 6.07) is 11.1. The molecule has 0 aliphatic heterocycles. The zero-order chi connectivity index (χ0) is 15.6. The van der Waals surface area contributed by atoms with Crippen LogP contribution >= 0.6 is 54.6 Å². The summed E-state index contributed by atoms with van der Waals surface area (Å²) in [6.45, 7) is 3.98. The molecule has 2 aromatic carbocycles. The highest BCUT2D eigenvalue weighted by Gasteiger charge is 2.19. The van der Waals surface area contributed by atoms with Gasteiger partial charge in [0, 0.05) is 10.6 Å². The number of halogens is 4. The van der Waals surface area contributed by atoms with Crippen LogP contribution in [0.25, 0.3) is 0 Å². The van der Waals surface area contributed by atoms with Crippen LogP contribution in [0.3, 0.4) is 0 Å². The van der Waals surface area contributed by atoms with E-state index in [0.29, 0.717) is 20.1 Å². The first-order valence-corrected chi connectivity index (χ1v) is 9.02. The van der Waals surface area contributed by atoms with Crippen LogP contribution in [0.4, 0.5) is 0 Å². The van der Waals surface area contributed by atoms with Crippen molar-refractivity contribution < 1.29 is 4.52 Å². The molecule has 0 amide bonds. The second-order valence-electron chi connectivity index (χ2n) is 4.65. The summed E-state index contributed by atoms with van der Waals surface area (Å²) in [4.78, 5) is 0. The fourth-order valence-electron chi connectivity index (χ4n) is 1.70. The summed E-state index contributed by atoms with van der Waals surface area (Å²) in [5.74, 6) is 0. The molecule has 112 valence electrons. The van der Waals surface area contributed by atoms with Gasteiger partial charge in [0.1, 0.15) is 0 Å². The molecule has 0 saturated heterocycles. The van der Waals surface area contributed by atoms with Gasteiger partial charge in [-0.3, -0.25) is 0 Å². The Kier molecular flexibility index (Phi) is 6.20. The van der Waals surface area contributed by atoms with E-state index in [0.717, 1.165) is 10.6 Å². The first kappa shape index (κ1) is 17.3. The SMILES string of the molecule is CC(C)OP(c1ccc(Cl)c(Cl)c1)c1ccc(Cl)c(Cl)c1. The van der Waals surface area contributed by atoms with Crippen LogP contribution in [-0.2, 0) is 4.52 Å². The molecule has 0 bridgehead atoms. The van der Waals surface area contributed by atoms with Crippen molar-refractivity contribution in [1.82, 2.24) is 0 Å². The minimum Gasteiger partial charge on any atom is -0.347 e. The molecule has 2 rings (SSSR count). The number of rotatable bonds is 4. The van der Waals surface area contributed by atoms with Gasteiger partial charge in [-0.1, -0.05) is 58.5 Å². The summed E-state index contributed by atoms with van der Waals surface area (Å²) < 4.78 is 6.07. The summed E-state index contributed by atoms with van der Waals surface area (Å²) in [5, 5.41) is 4.02. The Morgan fingerprint density at radius 3 is 1.52 bits per heavy atom. The highest BCUT2D eigenvalue weighted by atomic mass is 35.5. The molecule has 0 radical (unpaired) electrons. The Morgan fingerprint density at radius 1 is 0.762 bits per heavy atom. The molecule has 0 atom stereocenters. The van der Waals surface area contributed by atoms with E-state index in [1.807, 2.05) is 38.1 Å². The normalized spacial score (nSPS) is 11.4. The zero-order valence-electron chi connectivity index (χ0n) is 11.4. The number of hydrogen-bond donors (Lipinski definition) is 0. The average molecular weight is 382 g/mol. The minimum absolute atomic E-state index is 0.0695. The Balaban J connectivity index is 2.46. The lowest BCUT2D eigenvalue weighted by Crippen LogP contribution is -2.16. The van der Waals surface area contributed by atoms with Gasteiger partial charge in [-0.15, -0.1) is 0 Å². The predicted molar refractivity (Wildman–Crippen MR) is 95.3 cm³/mol. The van der Waals surface area contributed by atoms with Crippen LogP contribution in [0.2, 0.25) is 20.1 Å². The van der Waals surface area contributed by atoms with E-state index in [2.05, 4.69) is 0 Å². The van der Waals surface area contributed by atoms with Crippen LogP contribution in [0.15, 0.2) is 36.4 Å². The maximum absolute atomic E-state index is 6.11. The Hall–Kier alpha value is -0.0100. The third kappa shape index (κ3) is 4.48. The quantitative estimate of drug-likeness (QED) is 0.583. The lowest BCUT2D eigenvalue weighted by atomic mass is 10.3. The molecule has 0 unspecified atom stereocenters. The van der Waals surface area contributed by atoms with Gasteiger partial charge in [0.05, 0.1) is 34.3 Å². The number of hydrogen-bond acceptors (Lipinski definition) is 1. The maximum Gasteiger partial charge on any atom is 0.0922 e. The van der Waals surface area contributed by atoms with Crippen molar-refractivity contribution in [2.75, 3.05) is 0 Å². The first-order chi connectivity index (χ1) is 9.88. The fraction of sp³-hybridized carbons (Fsp3) is 0.200. The standard InChI is InChI=1S/C15H13Cl4OP/c1-9(2)20-21(10-3-5-12(16)14(18)7-10)11-4-6-13(17)15(19)8-11/h3-9H,1-2H3. The molecule has 0 saturated carbocycles. The average Bonchev–Trinajstić information content (AvgIpc) is 2.42. The molecule has 0 heterocycles. The second kappa shape index (κ2) is 7.51. The molecule has 0 fully saturated rings. The Morgan fingerprint density at radius 2 is 1.19 bits per heavy atom. The van der Waals surface area contributed by atoms with E-state index in [-0.39, 0.29) is 6.10 Å². The molecular formula is C15H13Cl4OP. The lowest BCUT2D eigenvalue weighted by Gasteiger charge is -2.21. The van der Waals surface area contributed by atoms with Crippen LogP contribution in [0.1, 0.15) is 13.8 Å². The molecule has 0 spiro atoms. The smallest absolute Gasteiger partial charge is 0.0922 e. The molecular weight excluding hydrogens is 369 g/mol. The molecule has 0 aliphatic rings. The van der Waals surface area contributed by atoms with Gasteiger partial charge >= 0.3 is 0 Å². The van der Waals surface area contributed by atoms with Crippen LogP contribution in [0, 0.1) is 0 Å². The zero-order valence-corrected chi connectivity index (χ0v) is 15.3. The van der Waals surface area contributed by atoms with E-state index in [1.54, 1.807) is 12.1 Å². The van der Waals surface area contributed by atoms with Crippen molar-refractivity contribution in [3.63, 3.8) is 0 Å². The van der Waals surface area contributed by atoms with Crippen molar-refractivity contribution in [3.05, 3.63) is 56.5 Å². The molecule has 21 heavy (non-hydrogen) atoms. The van der Waals surface area contributed by atoms with Gasteiger partial charge in [0.15, 0.2) is 0 Å². The van der Waals surface area contributed by atoms with E-state index in [4.69, 9.17) is 50.9 Å². The summed E-state index contributed by atoms with van der Waals surface area (Å²) in [5.41, 5.74) is 0. The third-order valence-electron chi connectivity index (χ3n) is 2.59. The monoisotopic (exact) mass is 380 g/mol. The fourth-order valence-corrected chi connectivity index (χ4v) is 4.33. The maximum atomic E-state index is 6.11. The summed E-state index contributed by atoms with van der Waals surface area (Å²) >= 11 is 24.2. The Bertz CT molecular complexity index is 594. The van der Waals surface area contributed by atoms with E-state index >= 15 is 0 Å². The molecule has 6 heteroatoms. The highest BCUT2D eigenvalue weighted by Crippen LogP contribution is 2.39. The van der Waals surface area contributed by atoms with E-state index in [1.165, 1.54) is 0 Å². The van der Waals surface area contributed by atoms with Gasteiger partial charge in [0.25, 0.3) is 0 Å². The molecule has 2 aromatic rings. The van der Waals surface area contributed by atoms with Crippen LogP contribution in [0.5, 0.6) is 0 Å². The van der Waals surface area contributed by atoms with Crippen molar-refractivity contribution in [1.29, 1.82) is 0 Å². The largest absolute Gasteiger partial charge is 0.347 e. The van der Waals surface area contributed by atoms with Crippen LogP contribution < -0.4 is 10.6 Å². The first-order valence-electron chi connectivity index (χ1n) is 6.25. The van der Waals surface area contributed by atoms with Crippen molar-refractivity contribution in [3.8, 4) is 0 Å². The summed E-state index contributed by atoms with van der Waals surface area (Å²) in [6.07, 6.45) is 0.0695. The van der Waals surface area contributed by atoms with Crippen molar-refractivity contribution in [2.24, 2.45) is 0 Å². The molecule has 0 N–H and O–H groups in total. The minimum atomic E-state index is -1.03. The molecule has 0 aromatic heterocycles. The third-order valence-corrected chi connectivity index (χ3v) is 6.20. The molecule has 1 nitrogen and oxygen atoms in total. The van der Waals surface area contributed by atoms with Gasteiger partial charge < -0.3 is 4.52 Å². The van der Waals surface area contributed by atoms with Crippen molar-refractivity contribution >= 4 is 65.2 Å². The van der Waals surface area contributed by atoms with E-state index < -0.39 is 8.15 Å². The van der Waals surface area contributed by atoms with Gasteiger partial charge in [0.2, 0.25) is 0 Å². The summed E-state index contributed by atoms with van der Waals surface area (Å²) in [7, 11) is -1.03. The van der Waals surface area contributed by atoms with Gasteiger partial charge in [-0.2, -0.15) is 0 Å². The van der Waals surface area contributed by atoms with Gasteiger partial charge in [-0.25, -0.2) is 0 Å². The Labute approximate surface area is 145 Å². The highest BCUT2D eigenvalue weighted by molar-refractivity contribution is 7.68. The van der Waals surface area contributed by atoms with E-state index in [9.17, 15) is 0 Å². The topological polar surface area (TPSA) is 9.23 Å². The van der Waals surface area contributed by atoms with Crippen LogP contribution in [-0.4, -0.2) is 6.10 Å². The number of benzene rings is 2. The van der Waals surface area contributed by atoms with Crippen molar-refractivity contribution in [2.45, 2.75) is 20.0 Å². The molecule has 0 aliphatic carbocycles. The predicted octanol–water partition coefficient (Wildman–Crippen LogP) is 6.07.